The Morgan fingerprint density at radius 2 is 1.00 bits per heavy atom. The SMILES string of the molecule is Cc1ccc(PC(c2cc(C)cc(C(C)(C)C)c2O)c2cc(C)cc(C(C)(C)C)c2O)cc1. The number of aryl methyl sites for hydroxylation is 3. The standard InChI is InChI=1S/C30H39O2P/c1-18-10-12-21(13-11-18)33-28(22-14-19(2)16-24(26(22)31)29(4,5)6)23-15-20(3)17-25(27(23)32)30(7,8)9/h10-17,28,31-33H,1-9H3. The van der Waals surface area contributed by atoms with Crippen LogP contribution >= 0.6 is 8.58 Å². The van der Waals surface area contributed by atoms with E-state index >= 15 is 0 Å². The number of benzene rings is 3. The van der Waals surface area contributed by atoms with Crippen molar-refractivity contribution in [2.24, 2.45) is 0 Å². The van der Waals surface area contributed by atoms with Crippen molar-refractivity contribution in [1.29, 1.82) is 0 Å². The van der Waals surface area contributed by atoms with Gasteiger partial charge in [-0.15, -0.1) is 0 Å². The molecule has 3 aromatic carbocycles. The van der Waals surface area contributed by atoms with Crippen LogP contribution in [0.1, 0.15) is 86.1 Å². The topological polar surface area (TPSA) is 40.5 Å². The Bertz CT molecular complexity index is 1080. The van der Waals surface area contributed by atoms with Gasteiger partial charge in [-0.2, -0.15) is 0 Å². The minimum absolute atomic E-state index is 0.144. The Morgan fingerprint density at radius 1 is 0.606 bits per heavy atom. The Balaban J connectivity index is 2.31. The Morgan fingerprint density at radius 3 is 1.36 bits per heavy atom. The molecule has 2 N–H and O–H groups in total. The molecule has 0 saturated carbocycles. The van der Waals surface area contributed by atoms with Gasteiger partial charge in [0.05, 0.1) is 0 Å². The van der Waals surface area contributed by atoms with E-state index in [1.807, 2.05) is 0 Å². The van der Waals surface area contributed by atoms with Crippen LogP contribution in [-0.2, 0) is 10.8 Å². The third kappa shape index (κ3) is 5.61. The second-order valence-corrected chi connectivity index (χ2v) is 12.9. The van der Waals surface area contributed by atoms with Gasteiger partial charge >= 0.3 is 0 Å². The van der Waals surface area contributed by atoms with Crippen LogP contribution in [0, 0.1) is 20.8 Å². The lowest BCUT2D eigenvalue weighted by Crippen LogP contribution is -2.15. The van der Waals surface area contributed by atoms with Gasteiger partial charge in [-0.05, 0) is 48.0 Å². The van der Waals surface area contributed by atoms with Crippen molar-refractivity contribution in [3.05, 3.63) is 87.5 Å². The zero-order valence-corrected chi connectivity index (χ0v) is 22.6. The molecule has 1 atom stereocenters. The summed E-state index contributed by atoms with van der Waals surface area (Å²) in [7, 11) is 0.372. The molecule has 33 heavy (non-hydrogen) atoms. The van der Waals surface area contributed by atoms with E-state index in [0.717, 1.165) is 33.4 Å². The molecule has 0 saturated heterocycles. The van der Waals surface area contributed by atoms with E-state index in [9.17, 15) is 10.2 Å². The van der Waals surface area contributed by atoms with Crippen LogP contribution in [0.25, 0.3) is 0 Å². The molecule has 3 heteroatoms. The Kier molecular flexibility index (Phi) is 7.02. The van der Waals surface area contributed by atoms with Gasteiger partial charge < -0.3 is 10.2 Å². The van der Waals surface area contributed by atoms with E-state index in [0.29, 0.717) is 20.1 Å². The highest BCUT2D eigenvalue weighted by molar-refractivity contribution is 7.47. The molecule has 0 bridgehead atoms. The van der Waals surface area contributed by atoms with Crippen LogP contribution in [0.3, 0.4) is 0 Å². The molecular weight excluding hydrogens is 423 g/mol. The molecule has 0 spiro atoms. The summed E-state index contributed by atoms with van der Waals surface area (Å²) in [4.78, 5) is 0. The van der Waals surface area contributed by atoms with Crippen LogP contribution in [0.2, 0.25) is 0 Å². The highest BCUT2D eigenvalue weighted by atomic mass is 31.1. The van der Waals surface area contributed by atoms with Crippen molar-refractivity contribution in [1.82, 2.24) is 0 Å². The normalized spacial score (nSPS) is 12.8. The van der Waals surface area contributed by atoms with Gasteiger partial charge in [0.15, 0.2) is 0 Å². The third-order valence-electron chi connectivity index (χ3n) is 6.17. The molecule has 3 aromatic rings. The van der Waals surface area contributed by atoms with Gasteiger partial charge in [-0.3, -0.25) is 0 Å². The molecule has 0 aliphatic rings. The lowest BCUT2D eigenvalue weighted by Gasteiger charge is -2.29. The Hall–Kier alpha value is -2.31. The minimum atomic E-state index is -0.187. The third-order valence-corrected chi connectivity index (χ3v) is 7.75. The van der Waals surface area contributed by atoms with Crippen molar-refractivity contribution < 1.29 is 10.2 Å². The largest absolute Gasteiger partial charge is 0.507 e. The van der Waals surface area contributed by atoms with Gasteiger partial charge in [0.1, 0.15) is 11.5 Å². The lowest BCUT2D eigenvalue weighted by molar-refractivity contribution is 0.434. The van der Waals surface area contributed by atoms with E-state index in [1.165, 1.54) is 10.9 Å². The maximum atomic E-state index is 11.5. The van der Waals surface area contributed by atoms with Gasteiger partial charge in [-0.1, -0.05) is 115 Å². The molecule has 0 aliphatic carbocycles. The molecule has 0 amide bonds. The quantitative estimate of drug-likeness (QED) is 0.390. The molecule has 3 rings (SSSR count). The van der Waals surface area contributed by atoms with Gasteiger partial charge in [0.25, 0.3) is 0 Å². The van der Waals surface area contributed by atoms with E-state index in [-0.39, 0.29) is 16.5 Å². The van der Waals surface area contributed by atoms with Gasteiger partial charge in [0, 0.05) is 16.8 Å². The summed E-state index contributed by atoms with van der Waals surface area (Å²) in [6.07, 6.45) is 0. The summed E-state index contributed by atoms with van der Waals surface area (Å²) >= 11 is 0. The lowest BCUT2D eigenvalue weighted by atomic mass is 9.81. The van der Waals surface area contributed by atoms with E-state index in [2.05, 4.69) is 111 Å². The van der Waals surface area contributed by atoms with Crippen molar-refractivity contribution >= 4 is 13.9 Å². The van der Waals surface area contributed by atoms with E-state index in [4.69, 9.17) is 0 Å². The van der Waals surface area contributed by atoms with Crippen LogP contribution in [0.5, 0.6) is 11.5 Å². The highest BCUT2D eigenvalue weighted by Gasteiger charge is 2.29. The molecule has 0 radical (unpaired) electrons. The number of hydrogen-bond donors (Lipinski definition) is 2. The fourth-order valence-corrected chi connectivity index (χ4v) is 5.78. The van der Waals surface area contributed by atoms with Gasteiger partial charge in [-0.25, -0.2) is 0 Å². The van der Waals surface area contributed by atoms with Crippen LogP contribution in [0.4, 0.5) is 0 Å². The van der Waals surface area contributed by atoms with Crippen LogP contribution in [0.15, 0.2) is 48.5 Å². The molecular formula is C30H39O2P. The average Bonchev–Trinajstić information content (AvgIpc) is 2.69. The zero-order chi connectivity index (χ0) is 24.7. The predicted octanol–water partition coefficient (Wildman–Crippen LogP) is 7.71. The summed E-state index contributed by atoms with van der Waals surface area (Å²) in [5.74, 6) is 0.687. The van der Waals surface area contributed by atoms with Crippen LogP contribution in [-0.4, -0.2) is 10.2 Å². The maximum Gasteiger partial charge on any atom is 0.123 e. The maximum absolute atomic E-state index is 11.5. The molecule has 0 heterocycles. The van der Waals surface area contributed by atoms with Crippen LogP contribution < -0.4 is 5.30 Å². The first-order chi connectivity index (χ1) is 15.2. The minimum Gasteiger partial charge on any atom is -0.507 e. The number of phenols is 2. The fourth-order valence-electron chi connectivity index (χ4n) is 4.34. The first-order valence-corrected chi connectivity index (χ1v) is 12.8. The molecule has 1 unspecified atom stereocenters. The van der Waals surface area contributed by atoms with Crippen molar-refractivity contribution in [2.75, 3.05) is 0 Å². The molecule has 0 aromatic heterocycles. The molecule has 2 nitrogen and oxygen atoms in total. The van der Waals surface area contributed by atoms with Gasteiger partial charge in [0.2, 0.25) is 0 Å². The molecule has 0 aliphatic heterocycles. The summed E-state index contributed by atoms with van der Waals surface area (Å²) in [6, 6.07) is 16.9. The van der Waals surface area contributed by atoms with Crippen molar-refractivity contribution in [2.45, 2.75) is 78.8 Å². The second-order valence-electron chi connectivity index (χ2n) is 11.4. The molecule has 0 fully saturated rings. The zero-order valence-electron chi connectivity index (χ0n) is 21.6. The number of hydrogen-bond acceptors (Lipinski definition) is 2. The Labute approximate surface area is 201 Å². The highest BCUT2D eigenvalue weighted by Crippen LogP contribution is 2.51. The predicted molar refractivity (Wildman–Crippen MR) is 144 cm³/mol. The summed E-state index contributed by atoms with van der Waals surface area (Å²) in [6.45, 7) is 19.0. The summed E-state index contributed by atoms with van der Waals surface area (Å²) in [5, 5.41) is 24.2. The smallest absolute Gasteiger partial charge is 0.123 e. The first-order valence-electron chi connectivity index (χ1n) is 11.7. The number of phenolic OH excluding ortho intramolecular Hbond substituents is 2. The monoisotopic (exact) mass is 462 g/mol. The molecule has 176 valence electrons. The van der Waals surface area contributed by atoms with E-state index in [1.54, 1.807) is 0 Å². The number of rotatable bonds is 4. The summed E-state index contributed by atoms with van der Waals surface area (Å²) in [5.41, 5.74) is 6.61. The van der Waals surface area contributed by atoms with Crippen molar-refractivity contribution in [3.63, 3.8) is 0 Å². The average molecular weight is 463 g/mol. The second kappa shape index (κ2) is 9.15. The van der Waals surface area contributed by atoms with E-state index < -0.39 is 0 Å². The first kappa shape index (κ1) is 25.3. The summed E-state index contributed by atoms with van der Waals surface area (Å²) < 4.78 is 0. The number of aromatic hydroxyl groups is 2. The fraction of sp³-hybridized carbons (Fsp3) is 0.400. The van der Waals surface area contributed by atoms with Crippen molar-refractivity contribution in [3.8, 4) is 11.5 Å².